The number of anilines is 4. The van der Waals surface area contributed by atoms with Gasteiger partial charge < -0.3 is 9.80 Å². The first-order valence-electron chi connectivity index (χ1n) is 10.5. The van der Waals surface area contributed by atoms with Crippen LogP contribution in [-0.2, 0) is 0 Å². The highest BCUT2D eigenvalue weighted by Crippen LogP contribution is 2.34. The van der Waals surface area contributed by atoms with Crippen LogP contribution < -0.4 is 9.80 Å². The number of nitrogens with zero attached hydrogens (tertiary/aromatic N) is 2. The Morgan fingerprint density at radius 3 is 1.94 bits per heavy atom. The van der Waals surface area contributed by atoms with Crippen LogP contribution >= 0.6 is 0 Å². The zero-order chi connectivity index (χ0) is 21.2. The topological polar surface area (TPSA) is 6.48 Å². The first-order chi connectivity index (χ1) is 15.2. The van der Waals surface area contributed by atoms with Crippen LogP contribution in [0.2, 0.25) is 0 Å². The number of hydrogen-bond donors (Lipinski definition) is 0. The van der Waals surface area contributed by atoms with Crippen LogP contribution in [0.4, 0.5) is 22.7 Å². The second-order valence-corrected chi connectivity index (χ2v) is 7.85. The van der Waals surface area contributed by atoms with Crippen molar-refractivity contribution in [3.63, 3.8) is 0 Å². The molecule has 2 nitrogen and oxygen atoms in total. The minimum atomic E-state index is 1.11. The number of fused-ring (bicyclic) bond motifs is 1. The van der Waals surface area contributed by atoms with Crippen molar-refractivity contribution in [2.24, 2.45) is 0 Å². The summed E-state index contributed by atoms with van der Waals surface area (Å²) in [4.78, 5) is 4.48. The summed E-state index contributed by atoms with van der Waals surface area (Å²) in [5.74, 6) is 0. The van der Waals surface area contributed by atoms with Crippen LogP contribution in [0.25, 0.3) is 10.8 Å². The van der Waals surface area contributed by atoms with Gasteiger partial charge in [-0.15, -0.1) is 5.73 Å². The molecule has 1 aliphatic rings. The lowest BCUT2D eigenvalue weighted by Gasteiger charge is -2.26. The normalized spacial score (nSPS) is 12.3. The van der Waals surface area contributed by atoms with E-state index >= 15 is 0 Å². The van der Waals surface area contributed by atoms with Crippen LogP contribution in [0.3, 0.4) is 0 Å². The summed E-state index contributed by atoms with van der Waals surface area (Å²) in [6.07, 6.45) is 6.07. The van der Waals surface area contributed by atoms with E-state index in [1.54, 1.807) is 0 Å². The van der Waals surface area contributed by atoms with Gasteiger partial charge in [-0.1, -0.05) is 48.0 Å². The number of rotatable bonds is 5. The molecule has 4 aromatic rings. The van der Waals surface area contributed by atoms with Crippen molar-refractivity contribution in [3.8, 4) is 0 Å². The van der Waals surface area contributed by atoms with Gasteiger partial charge in [0.05, 0.1) is 5.70 Å². The van der Waals surface area contributed by atoms with Crippen molar-refractivity contribution < 1.29 is 0 Å². The molecule has 31 heavy (non-hydrogen) atoms. The van der Waals surface area contributed by atoms with Crippen LogP contribution in [-0.4, -0.2) is 7.05 Å². The predicted octanol–water partition coefficient (Wildman–Crippen LogP) is 7.66. The average molecular weight is 401 g/mol. The van der Waals surface area contributed by atoms with Crippen LogP contribution in [0, 0.1) is 6.92 Å². The second-order valence-electron chi connectivity index (χ2n) is 7.85. The third-order valence-electron chi connectivity index (χ3n) is 5.75. The van der Waals surface area contributed by atoms with Gasteiger partial charge >= 0.3 is 0 Å². The van der Waals surface area contributed by atoms with E-state index in [4.69, 9.17) is 0 Å². The Morgan fingerprint density at radius 1 is 0.645 bits per heavy atom. The monoisotopic (exact) mass is 400 g/mol. The maximum atomic E-state index is 3.18. The molecule has 150 valence electrons. The quantitative estimate of drug-likeness (QED) is 0.317. The second kappa shape index (κ2) is 8.02. The number of benzene rings is 4. The molecule has 0 bridgehead atoms. The predicted molar refractivity (Wildman–Crippen MR) is 133 cm³/mol. The summed E-state index contributed by atoms with van der Waals surface area (Å²) in [6.45, 7) is 2.11. The molecule has 0 unspecified atom stereocenters. The molecule has 1 aliphatic carbocycles. The molecule has 0 fully saturated rings. The van der Waals surface area contributed by atoms with E-state index in [-0.39, 0.29) is 0 Å². The van der Waals surface area contributed by atoms with E-state index in [0.717, 1.165) is 22.8 Å². The van der Waals surface area contributed by atoms with Gasteiger partial charge in [0.25, 0.3) is 0 Å². The van der Waals surface area contributed by atoms with Gasteiger partial charge in [-0.25, -0.2) is 0 Å². The molecule has 4 aromatic carbocycles. The lowest BCUT2D eigenvalue weighted by molar-refractivity contribution is 1.19. The average Bonchev–Trinajstić information content (AvgIpc) is 3.34. The van der Waals surface area contributed by atoms with Crippen molar-refractivity contribution in [1.29, 1.82) is 0 Å². The summed E-state index contributed by atoms with van der Waals surface area (Å²) < 4.78 is 0. The summed E-state index contributed by atoms with van der Waals surface area (Å²) in [7, 11) is 2.11. The maximum absolute atomic E-state index is 3.18. The zero-order valence-electron chi connectivity index (χ0n) is 17.8. The van der Waals surface area contributed by atoms with Crippen molar-refractivity contribution >= 4 is 33.5 Å². The zero-order valence-corrected chi connectivity index (χ0v) is 17.8. The van der Waals surface area contributed by atoms with Crippen LogP contribution in [0.15, 0.2) is 121 Å². The molecule has 0 radical (unpaired) electrons. The number of hydrogen-bond acceptors (Lipinski definition) is 2. The van der Waals surface area contributed by atoms with Crippen molar-refractivity contribution in [3.05, 3.63) is 126 Å². The molecule has 0 aliphatic heterocycles. The van der Waals surface area contributed by atoms with Crippen molar-refractivity contribution in [2.75, 3.05) is 16.8 Å². The molecule has 0 saturated carbocycles. The molecule has 0 N–H and O–H groups in total. The SMILES string of the molecule is Cc1ccc(N(C2=CC=C=C2)c2ccc(N(C)c3ccc4ccccc4c3)cc2)cc1. The van der Waals surface area contributed by atoms with Crippen LogP contribution in [0.1, 0.15) is 5.56 Å². The van der Waals surface area contributed by atoms with E-state index in [1.165, 1.54) is 22.0 Å². The highest BCUT2D eigenvalue weighted by molar-refractivity contribution is 5.87. The Bertz CT molecular complexity index is 1320. The molecular formula is C29H24N2. The van der Waals surface area contributed by atoms with Crippen molar-refractivity contribution in [1.82, 2.24) is 0 Å². The Hall–Kier alpha value is -4.00. The minimum Gasteiger partial charge on any atom is -0.345 e. The molecule has 5 rings (SSSR count). The molecule has 0 heterocycles. The maximum Gasteiger partial charge on any atom is 0.0544 e. The molecule has 0 spiro atoms. The van der Waals surface area contributed by atoms with E-state index < -0.39 is 0 Å². The lowest BCUT2D eigenvalue weighted by atomic mass is 10.1. The molecule has 0 aromatic heterocycles. The van der Waals surface area contributed by atoms with Gasteiger partial charge in [0.1, 0.15) is 0 Å². The molecule has 0 amide bonds. The Labute approximate surface area is 183 Å². The van der Waals surface area contributed by atoms with Gasteiger partial charge in [-0.05, 0) is 78.4 Å². The van der Waals surface area contributed by atoms with Gasteiger partial charge in [-0.3, -0.25) is 0 Å². The van der Waals surface area contributed by atoms with Gasteiger partial charge in [-0.2, -0.15) is 0 Å². The van der Waals surface area contributed by atoms with Gasteiger partial charge in [0.2, 0.25) is 0 Å². The summed E-state index contributed by atoms with van der Waals surface area (Å²) in [5.41, 5.74) is 10.1. The fourth-order valence-electron chi connectivity index (χ4n) is 3.95. The van der Waals surface area contributed by atoms with Crippen LogP contribution in [0.5, 0.6) is 0 Å². The smallest absolute Gasteiger partial charge is 0.0544 e. The molecule has 0 saturated heterocycles. The minimum absolute atomic E-state index is 1.11. The highest BCUT2D eigenvalue weighted by atomic mass is 15.1. The lowest BCUT2D eigenvalue weighted by Crippen LogP contribution is -2.15. The van der Waals surface area contributed by atoms with E-state index in [9.17, 15) is 0 Å². The van der Waals surface area contributed by atoms with Gasteiger partial charge in [0, 0.05) is 35.9 Å². The summed E-state index contributed by atoms with van der Waals surface area (Å²) in [6, 6.07) is 32.4. The molecule has 0 atom stereocenters. The molecular weight excluding hydrogens is 376 g/mol. The highest BCUT2D eigenvalue weighted by Gasteiger charge is 2.14. The fourth-order valence-corrected chi connectivity index (χ4v) is 3.95. The largest absolute Gasteiger partial charge is 0.345 e. The third kappa shape index (κ3) is 3.77. The van der Waals surface area contributed by atoms with E-state index in [2.05, 4.69) is 127 Å². The molecule has 2 heteroatoms. The first-order valence-corrected chi connectivity index (χ1v) is 10.5. The Kier molecular flexibility index (Phi) is 4.92. The first kappa shape index (κ1) is 19.0. The van der Waals surface area contributed by atoms with E-state index in [0.29, 0.717) is 0 Å². The Balaban J connectivity index is 1.47. The number of allylic oxidation sites excluding steroid dienone is 2. The number of aryl methyl sites for hydroxylation is 1. The standard InChI is InChI=1S/C29H24N2/c1-22-11-14-27(15-12-22)31(26-9-5-6-10-26)28-19-17-25(18-20-28)30(2)29-16-13-23-7-3-4-8-24(23)21-29/h3-5,7-21H,1-2H3. The summed E-state index contributed by atoms with van der Waals surface area (Å²) in [5, 5.41) is 2.51. The van der Waals surface area contributed by atoms with Crippen molar-refractivity contribution in [2.45, 2.75) is 6.92 Å². The van der Waals surface area contributed by atoms with Gasteiger partial charge in [0.15, 0.2) is 0 Å². The summed E-state index contributed by atoms with van der Waals surface area (Å²) >= 11 is 0. The van der Waals surface area contributed by atoms with E-state index in [1.807, 2.05) is 12.2 Å². The fraction of sp³-hybridized carbons (Fsp3) is 0.0690. The third-order valence-corrected chi connectivity index (χ3v) is 5.75. The Morgan fingerprint density at radius 2 is 1.26 bits per heavy atom.